The summed E-state index contributed by atoms with van der Waals surface area (Å²) >= 11 is 0. The molecule has 23 heavy (non-hydrogen) atoms. The van der Waals surface area contributed by atoms with Crippen LogP contribution in [0.5, 0.6) is 0 Å². The molecule has 0 aliphatic rings. The molecule has 0 fully saturated rings. The van der Waals surface area contributed by atoms with Crippen molar-refractivity contribution in [1.29, 1.82) is 0 Å². The lowest BCUT2D eigenvalue weighted by Gasteiger charge is -2.00. The Bertz CT molecular complexity index is 886. The summed E-state index contributed by atoms with van der Waals surface area (Å²) in [6.07, 6.45) is 4.42. The number of nitrogens with zero attached hydrogens (tertiary/aromatic N) is 5. The van der Waals surface area contributed by atoms with Crippen LogP contribution in [0.1, 0.15) is 11.4 Å². The second-order valence-electron chi connectivity index (χ2n) is 5.13. The van der Waals surface area contributed by atoms with Crippen LogP contribution >= 0.6 is 0 Å². The van der Waals surface area contributed by atoms with Crippen LogP contribution in [0.25, 0.3) is 5.65 Å². The van der Waals surface area contributed by atoms with Gasteiger partial charge < -0.3 is 4.40 Å². The van der Waals surface area contributed by atoms with E-state index in [-0.39, 0.29) is 5.69 Å². The first kappa shape index (κ1) is 15.3. The molecule has 0 spiro atoms. The minimum absolute atomic E-state index is 0.0633. The van der Waals surface area contributed by atoms with E-state index >= 15 is 0 Å². The van der Waals surface area contributed by atoms with Crippen molar-refractivity contribution in [1.82, 2.24) is 19.2 Å². The molecule has 0 saturated carbocycles. The summed E-state index contributed by atoms with van der Waals surface area (Å²) in [7, 11) is -1.11. The molecule has 3 aromatic rings. The molecular weight excluding hydrogens is 318 g/mol. The van der Waals surface area contributed by atoms with Crippen LogP contribution in [0, 0.1) is 17.0 Å². The summed E-state index contributed by atoms with van der Waals surface area (Å²) < 4.78 is 15.6. The standard InChI is InChI=1S/C14H15N5O3S/c1-11-3-2-4-14-16-12(8-18(11)14)10-23(22)6-5-17-9-13(7-15-17)19(20)21/h2-4,7-9H,5-6,10H2,1H3/t23-/m0/s1. The lowest BCUT2D eigenvalue weighted by molar-refractivity contribution is -0.385. The van der Waals surface area contributed by atoms with Crippen molar-refractivity contribution in [2.24, 2.45) is 0 Å². The predicted octanol–water partition coefficient (Wildman–Crippen LogP) is 1.70. The van der Waals surface area contributed by atoms with E-state index < -0.39 is 15.7 Å². The second kappa shape index (κ2) is 6.29. The van der Waals surface area contributed by atoms with Crippen molar-refractivity contribution >= 4 is 22.1 Å². The van der Waals surface area contributed by atoms with Gasteiger partial charge in [-0.1, -0.05) is 6.07 Å². The summed E-state index contributed by atoms with van der Waals surface area (Å²) in [5, 5.41) is 14.5. The van der Waals surface area contributed by atoms with Crippen LogP contribution in [0.2, 0.25) is 0 Å². The number of nitro groups is 1. The number of imidazole rings is 1. The maximum absolute atomic E-state index is 12.2. The smallest absolute Gasteiger partial charge is 0.304 e. The van der Waals surface area contributed by atoms with E-state index in [1.165, 1.54) is 17.1 Å². The number of aryl methyl sites for hydroxylation is 2. The van der Waals surface area contributed by atoms with E-state index in [4.69, 9.17) is 0 Å². The average Bonchev–Trinajstić information content (AvgIpc) is 3.12. The first-order chi connectivity index (χ1) is 11.0. The molecular formula is C14H15N5O3S. The molecule has 3 rings (SSSR count). The highest BCUT2D eigenvalue weighted by molar-refractivity contribution is 7.84. The highest BCUT2D eigenvalue weighted by Crippen LogP contribution is 2.11. The molecule has 0 unspecified atom stereocenters. The van der Waals surface area contributed by atoms with Crippen molar-refractivity contribution in [2.45, 2.75) is 19.2 Å². The molecule has 3 heterocycles. The lowest BCUT2D eigenvalue weighted by Crippen LogP contribution is -2.09. The minimum Gasteiger partial charge on any atom is -0.304 e. The molecule has 8 nitrogen and oxygen atoms in total. The first-order valence-electron chi connectivity index (χ1n) is 6.98. The fourth-order valence-electron chi connectivity index (χ4n) is 2.27. The fraction of sp³-hybridized carbons (Fsp3) is 0.286. The number of hydrogen-bond acceptors (Lipinski definition) is 5. The summed E-state index contributed by atoms with van der Waals surface area (Å²) in [4.78, 5) is 14.5. The Balaban J connectivity index is 1.61. The van der Waals surface area contributed by atoms with Crippen molar-refractivity contribution < 1.29 is 9.13 Å². The molecule has 0 aliphatic carbocycles. The third kappa shape index (κ3) is 3.45. The van der Waals surface area contributed by atoms with Gasteiger partial charge >= 0.3 is 5.69 Å². The summed E-state index contributed by atoms with van der Waals surface area (Å²) in [5.41, 5.74) is 2.60. The Morgan fingerprint density at radius 1 is 1.35 bits per heavy atom. The van der Waals surface area contributed by atoms with Crippen LogP contribution in [0.15, 0.2) is 36.8 Å². The molecule has 3 aromatic heterocycles. The average molecular weight is 333 g/mol. The first-order valence-corrected chi connectivity index (χ1v) is 8.47. The number of hydrogen-bond donors (Lipinski definition) is 0. The maximum Gasteiger partial charge on any atom is 0.306 e. The molecule has 0 N–H and O–H groups in total. The lowest BCUT2D eigenvalue weighted by atomic mass is 10.4. The molecule has 0 amide bonds. The van der Waals surface area contributed by atoms with Gasteiger partial charge in [-0.3, -0.25) is 19.0 Å². The SMILES string of the molecule is Cc1cccc2nc(C[S@@](=O)CCn3cc([N+](=O)[O-])cn3)cn12. The van der Waals surface area contributed by atoms with Gasteiger partial charge in [0, 0.05) is 28.4 Å². The third-order valence-electron chi connectivity index (χ3n) is 3.43. The Kier molecular flexibility index (Phi) is 4.20. The van der Waals surface area contributed by atoms with Gasteiger partial charge in [0.15, 0.2) is 0 Å². The Morgan fingerprint density at radius 2 is 2.17 bits per heavy atom. The topological polar surface area (TPSA) is 95.3 Å². The predicted molar refractivity (Wildman–Crippen MR) is 85.5 cm³/mol. The Labute approximate surface area is 134 Å². The maximum atomic E-state index is 12.2. The van der Waals surface area contributed by atoms with Crippen LogP contribution in [0.4, 0.5) is 5.69 Å². The molecule has 0 radical (unpaired) electrons. The monoisotopic (exact) mass is 333 g/mol. The van der Waals surface area contributed by atoms with E-state index in [0.29, 0.717) is 18.1 Å². The number of aromatic nitrogens is 4. The van der Waals surface area contributed by atoms with Crippen molar-refractivity contribution in [2.75, 3.05) is 5.75 Å². The molecule has 120 valence electrons. The zero-order chi connectivity index (χ0) is 16.4. The molecule has 1 atom stereocenters. The summed E-state index contributed by atoms with van der Waals surface area (Å²) in [6.45, 7) is 2.35. The highest BCUT2D eigenvalue weighted by atomic mass is 32.2. The van der Waals surface area contributed by atoms with Crippen molar-refractivity contribution in [3.63, 3.8) is 0 Å². The van der Waals surface area contributed by atoms with E-state index in [0.717, 1.165) is 17.0 Å². The largest absolute Gasteiger partial charge is 0.306 e. The fourth-order valence-corrected chi connectivity index (χ4v) is 3.27. The van der Waals surface area contributed by atoms with Crippen LogP contribution in [-0.2, 0) is 23.1 Å². The van der Waals surface area contributed by atoms with E-state index in [1.807, 2.05) is 35.7 Å². The Hall–Kier alpha value is -2.55. The van der Waals surface area contributed by atoms with Gasteiger partial charge in [0.05, 0.1) is 22.9 Å². The van der Waals surface area contributed by atoms with Gasteiger partial charge in [0.2, 0.25) is 0 Å². The molecule has 0 aromatic carbocycles. The van der Waals surface area contributed by atoms with E-state index in [9.17, 15) is 14.3 Å². The van der Waals surface area contributed by atoms with Gasteiger partial charge in [-0.15, -0.1) is 0 Å². The molecule has 0 bridgehead atoms. The summed E-state index contributed by atoms with van der Waals surface area (Å²) in [5.74, 6) is 0.718. The van der Waals surface area contributed by atoms with E-state index in [2.05, 4.69) is 10.1 Å². The van der Waals surface area contributed by atoms with Crippen molar-refractivity contribution in [3.8, 4) is 0 Å². The van der Waals surface area contributed by atoms with Gasteiger partial charge in [0.1, 0.15) is 18.0 Å². The summed E-state index contributed by atoms with van der Waals surface area (Å²) in [6, 6.07) is 5.82. The molecule has 9 heteroatoms. The van der Waals surface area contributed by atoms with Gasteiger partial charge in [-0.05, 0) is 19.1 Å². The normalized spacial score (nSPS) is 12.6. The van der Waals surface area contributed by atoms with Gasteiger partial charge in [0.25, 0.3) is 0 Å². The van der Waals surface area contributed by atoms with Crippen LogP contribution < -0.4 is 0 Å². The highest BCUT2D eigenvalue weighted by Gasteiger charge is 2.11. The van der Waals surface area contributed by atoms with Gasteiger partial charge in [-0.2, -0.15) is 5.10 Å². The van der Waals surface area contributed by atoms with Crippen LogP contribution in [0.3, 0.4) is 0 Å². The third-order valence-corrected chi connectivity index (χ3v) is 4.69. The Morgan fingerprint density at radius 3 is 2.87 bits per heavy atom. The molecule has 0 saturated heterocycles. The minimum atomic E-state index is -1.11. The zero-order valence-electron chi connectivity index (χ0n) is 12.5. The van der Waals surface area contributed by atoms with Crippen molar-refractivity contribution in [3.05, 3.63) is 58.3 Å². The van der Waals surface area contributed by atoms with Crippen LogP contribution in [-0.4, -0.2) is 34.1 Å². The molecule has 0 aliphatic heterocycles. The number of pyridine rings is 1. The number of rotatable bonds is 6. The zero-order valence-corrected chi connectivity index (χ0v) is 13.3. The number of fused-ring (bicyclic) bond motifs is 1. The second-order valence-corrected chi connectivity index (χ2v) is 6.71. The quantitative estimate of drug-likeness (QED) is 0.505. The van der Waals surface area contributed by atoms with Gasteiger partial charge in [-0.25, -0.2) is 4.98 Å². The van der Waals surface area contributed by atoms with E-state index in [1.54, 1.807) is 0 Å².